The van der Waals surface area contributed by atoms with Crippen LogP contribution in [0.3, 0.4) is 0 Å². The van der Waals surface area contributed by atoms with Gasteiger partial charge in [-0.3, -0.25) is 4.79 Å². The topological polar surface area (TPSA) is 26.3 Å². The van der Waals surface area contributed by atoms with Crippen LogP contribution >= 0.6 is 15.9 Å². The monoisotopic (exact) mass is 290 g/mol. The van der Waals surface area contributed by atoms with E-state index in [2.05, 4.69) is 22.5 Å². The van der Waals surface area contributed by atoms with E-state index in [1.54, 1.807) is 0 Å². The molecule has 0 aromatic carbocycles. The highest BCUT2D eigenvalue weighted by atomic mass is 79.9. The standard InChI is InChI=1S/C13H23BrO2/c1-2-3-4-5-6-7-8-9-10-13(15)16-12-11-14/h2H,1,3-12H2. The molecular formula is C13H23BrO2. The SMILES string of the molecule is C=CCCCCCCCCC(=O)OCCBr. The van der Waals surface area contributed by atoms with Gasteiger partial charge in [0.05, 0.1) is 0 Å². The molecule has 0 radical (unpaired) electrons. The summed E-state index contributed by atoms with van der Waals surface area (Å²) in [7, 11) is 0. The highest BCUT2D eigenvalue weighted by Crippen LogP contribution is 2.09. The molecule has 0 saturated heterocycles. The van der Waals surface area contributed by atoms with Crippen molar-refractivity contribution in [1.29, 1.82) is 0 Å². The van der Waals surface area contributed by atoms with Gasteiger partial charge in [-0.1, -0.05) is 47.7 Å². The van der Waals surface area contributed by atoms with Crippen molar-refractivity contribution in [1.82, 2.24) is 0 Å². The zero-order chi connectivity index (χ0) is 12.1. The second-order valence-corrected chi connectivity index (χ2v) is 4.65. The van der Waals surface area contributed by atoms with Crippen LogP contribution in [0.2, 0.25) is 0 Å². The molecule has 2 nitrogen and oxygen atoms in total. The van der Waals surface area contributed by atoms with E-state index in [-0.39, 0.29) is 5.97 Å². The number of carbonyl (C=O) groups is 1. The first kappa shape index (κ1) is 15.7. The smallest absolute Gasteiger partial charge is 0.305 e. The molecular weight excluding hydrogens is 268 g/mol. The number of carbonyl (C=O) groups excluding carboxylic acids is 1. The first-order valence-electron chi connectivity index (χ1n) is 6.13. The molecule has 0 spiro atoms. The van der Waals surface area contributed by atoms with Gasteiger partial charge in [-0.25, -0.2) is 0 Å². The molecule has 0 rings (SSSR count). The van der Waals surface area contributed by atoms with E-state index < -0.39 is 0 Å². The highest BCUT2D eigenvalue weighted by molar-refractivity contribution is 9.09. The summed E-state index contributed by atoms with van der Waals surface area (Å²) in [6.07, 6.45) is 10.8. The molecule has 16 heavy (non-hydrogen) atoms. The Balaban J connectivity index is 3.08. The number of allylic oxidation sites excluding steroid dienone is 1. The van der Waals surface area contributed by atoms with E-state index in [1.165, 1.54) is 25.7 Å². The van der Waals surface area contributed by atoms with Gasteiger partial charge in [-0.05, 0) is 19.3 Å². The number of rotatable bonds is 11. The van der Waals surface area contributed by atoms with Crippen molar-refractivity contribution in [3.05, 3.63) is 12.7 Å². The Morgan fingerprint density at radius 3 is 2.38 bits per heavy atom. The number of alkyl halides is 1. The molecule has 0 unspecified atom stereocenters. The van der Waals surface area contributed by atoms with Crippen LogP contribution < -0.4 is 0 Å². The fourth-order valence-electron chi connectivity index (χ4n) is 1.49. The molecule has 0 heterocycles. The van der Waals surface area contributed by atoms with E-state index in [1.807, 2.05) is 6.08 Å². The summed E-state index contributed by atoms with van der Waals surface area (Å²) in [5.74, 6) is -0.0638. The van der Waals surface area contributed by atoms with E-state index in [4.69, 9.17) is 4.74 Å². The molecule has 3 heteroatoms. The van der Waals surface area contributed by atoms with Crippen molar-refractivity contribution >= 4 is 21.9 Å². The molecule has 0 fully saturated rings. The van der Waals surface area contributed by atoms with Crippen LogP contribution in [0.25, 0.3) is 0 Å². The van der Waals surface area contributed by atoms with Gasteiger partial charge in [0.2, 0.25) is 0 Å². The molecule has 94 valence electrons. The number of esters is 1. The summed E-state index contributed by atoms with van der Waals surface area (Å²) in [6.45, 7) is 4.18. The first-order valence-corrected chi connectivity index (χ1v) is 7.26. The van der Waals surface area contributed by atoms with Gasteiger partial charge in [-0.2, -0.15) is 0 Å². The number of unbranched alkanes of at least 4 members (excludes halogenated alkanes) is 6. The van der Waals surface area contributed by atoms with Gasteiger partial charge in [-0.15, -0.1) is 6.58 Å². The van der Waals surface area contributed by atoms with Gasteiger partial charge < -0.3 is 4.74 Å². The zero-order valence-electron chi connectivity index (χ0n) is 10.0. The molecule has 0 aromatic rings. The Morgan fingerprint density at radius 1 is 1.12 bits per heavy atom. The Morgan fingerprint density at radius 2 is 1.75 bits per heavy atom. The van der Waals surface area contributed by atoms with Gasteiger partial charge >= 0.3 is 5.97 Å². The molecule has 0 amide bonds. The summed E-state index contributed by atoms with van der Waals surface area (Å²) in [5.41, 5.74) is 0. The predicted octanol–water partition coefficient (Wildman–Crippen LogP) is 4.23. The Hall–Kier alpha value is -0.310. The van der Waals surface area contributed by atoms with Crippen LogP contribution in [0.1, 0.15) is 51.4 Å². The van der Waals surface area contributed by atoms with Crippen molar-refractivity contribution in [2.75, 3.05) is 11.9 Å². The Kier molecular flexibility index (Phi) is 12.5. The van der Waals surface area contributed by atoms with Crippen molar-refractivity contribution in [3.63, 3.8) is 0 Å². The summed E-state index contributed by atoms with van der Waals surface area (Å²) in [5, 5.41) is 0.724. The molecule has 0 aliphatic rings. The fourth-order valence-corrected chi connectivity index (χ4v) is 1.65. The quantitative estimate of drug-likeness (QED) is 0.246. The molecule has 0 aliphatic carbocycles. The van der Waals surface area contributed by atoms with E-state index in [0.717, 1.165) is 24.6 Å². The maximum atomic E-state index is 11.1. The Labute approximate surface area is 108 Å². The first-order chi connectivity index (χ1) is 7.81. The third-order valence-electron chi connectivity index (χ3n) is 2.38. The lowest BCUT2D eigenvalue weighted by molar-refractivity contribution is -0.143. The second-order valence-electron chi connectivity index (χ2n) is 3.86. The molecule has 0 aliphatic heterocycles. The van der Waals surface area contributed by atoms with E-state index >= 15 is 0 Å². The predicted molar refractivity (Wildman–Crippen MR) is 71.9 cm³/mol. The highest BCUT2D eigenvalue weighted by Gasteiger charge is 2.01. The van der Waals surface area contributed by atoms with Crippen LogP contribution in [0.5, 0.6) is 0 Å². The molecule has 0 aromatic heterocycles. The third-order valence-corrected chi connectivity index (χ3v) is 2.70. The van der Waals surface area contributed by atoms with Crippen LogP contribution in [0, 0.1) is 0 Å². The van der Waals surface area contributed by atoms with Gasteiger partial charge in [0, 0.05) is 11.8 Å². The minimum Gasteiger partial charge on any atom is -0.465 e. The number of hydrogen-bond donors (Lipinski definition) is 0. The lowest BCUT2D eigenvalue weighted by atomic mass is 10.1. The van der Waals surface area contributed by atoms with Crippen LogP contribution in [-0.4, -0.2) is 17.9 Å². The normalized spacial score (nSPS) is 10.1. The third kappa shape index (κ3) is 11.8. The minimum atomic E-state index is -0.0638. The van der Waals surface area contributed by atoms with Crippen molar-refractivity contribution in [3.8, 4) is 0 Å². The van der Waals surface area contributed by atoms with Crippen LogP contribution in [-0.2, 0) is 9.53 Å². The molecule has 0 saturated carbocycles. The van der Waals surface area contributed by atoms with Crippen molar-refractivity contribution in [2.45, 2.75) is 51.4 Å². The maximum absolute atomic E-state index is 11.1. The molecule has 0 bridgehead atoms. The minimum absolute atomic E-state index is 0.0638. The van der Waals surface area contributed by atoms with Crippen molar-refractivity contribution < 1.29 is 9.53 Å². The largest absolute Gasteiger partial charge is 0.465 e. The second kappa shape index (κ2) is 12.8. The van der Waals surface area contributed by atoms with Crippen molar-refractivity contribution in [2.24, 2.45) is 0 Å². The fraction of sp³-hybridized carbons (Fsp3) is 0.769. The summed E-state index contributed by atoms with van der Waals surface area (Å²) < 4.78 is 4.95. The number of hydrogen-bond acceptors (Lipinski definition) is 2. The van der Waals surface area contributed by atoms with Crippen LogP contribution in [0.15, 0.2) is 12.7 Å². The summed E-state index contributed by atoms with van der Waals surface area (Å²) in [4.78, 5) is 11.1. The number of ether oxygens (including phenoxy) is 1. The van der Waals surface area contributed by atoms with Crippen LogP contribution in [0.4, 0.5) is 0 Å². The van der Waals surface area contributed by atoms with E-state index in [0.29, 0.717) is 13.0 Å². The average molecular weight is 291 g/mol. The lowest BCUT2D eigenvalue weighted by Gasteiger charge is -2.02. The molecule has 0 N–H and O–H groups in total. The van der Waals surface area contributed by atoms with E-state index in [9.17, 15) is 4.79 Å². The lowest BCUT2D eigenvalue weighted by Crippen LogP contribution is -2.05. The zero-order valence-corrected chi connectivity index (χ0v) is 11.6. The summed E-state index contributed by atoms with van der Waals surface area (Å²) >= 11 is 3.22. The summed E-state index contributed by atoms with van der Waals surface area (Å²) in [6, 6.07) is 0. The maximum Gasteiger partial charge on any atom is 0.305 e. The Bertz CT molecular complexity index is 181. The van der Waals surface area contributed by atoms with Gasteiger partial charge in [0.1, 0.15) is 6.61 Å². The molecule has 0 atom stereocenters. The van der Waals surface area contributed by atoms with Gasteiger partial charge in [0.15, 0.2) is 0 Å². The van der Waals surface area contributed by atoms with Gasteiger partial charge in [0.25, 0.3) is 0 Å². The average Bonchev–Trinajstić information content (AvgIpc) is 2.30. The number of halogens is 1.